The van der Waals surface area contributed by atoms with E-state index in [-0.39, 0.29) is 22.4 Å². The Labute approximate surface area is 92.7 Å². The van der Waals surface area contributed by atoms with E-state index in [1.807, 2.05) is 0 Å². The fourth-order valence-corrected chi connectivity index (χ4v) is 2.01. The summed E-state index contributed by atoms with van der Waals surface area (Å²) in [5.74, 6) is 0.108. The Morgan fingerprint density at radius 2 is 2.25 bits per heavy atom. The summed E-state index contributed by atoms with van der Waals surface area (Å²) in [6, 6.07) is 3.09. The molecule has 1 saturated carbocycles. The Morgan fingerprint density at radius 1 is 1.56 bits per heavy atom. The van der Waals surface area contributed by atoms with E-state index in [0.29, 0.717) is 0 Å². The summed E-state index contributed by atoms with van der Waals surface area (Å²) in [5, 5.41) is 13.8. The molecule has 0 atom stereocenters. The molecule has 7 heteroatoms. The monoisotopic (exact) mass is 239 g/mol. The molecular formula is C9H9N3O3S. The second kappa shape index (κ2) is 3.73. The average Bonchev–Trinajstić information content (AvgIpc) is 2.99. The topological polar surface area (TPSA) is 106 Å². The van der Waals surface area contributed by atoms with Crippen LogP contribution in [0.3, 0.4) is 0 Å². The van der Waals surface area contributed by atoms with E-state index in [1.165, 1.54) is 12.3 Å². The Hall–Kier alpha value is -1.65. The standard InChI is InChI=1S/C9H9N3O3S/c10-5-7-9(16(11,13)14)8(3-4-12-7)15-6-1-2-6/h3-4,6H,1-2H2,(H2,11,13,14). The van der Waals surface area contributed by atoms with Crippen LogP contribution in [0.4, 0.5) is 0 Å². The first-order chi connectivity index (χ1) is 7.52. The third kappa shape index (κ3) is 2.13. The Bertz CT molecular complexity index is 558. The van der Waals surface area contributed by atoms with Gasteiger partial charge < -0.3 is 4.74 Å². The van der Waals surface area contributed by atoms with Gasteiger partial charge in [-0.1, -0.05) is 0 Å². The highest BCUT2D eigenvalue weighted by molar-refractivity contribution is 7.89. The average molecular weight is 239 g/mol. The molecule has 1 aliphatic rings. The number of rotatable bonds is 3. The van der Waals surface area contributed by atoms with Gasteiger partial charge in [0.05, 0.1) is 6.10 Å². The Kier molecular flexibility index (Phi) is 2.53. The first kappa shape index (κ1) is 10.9. The second-order valence-corrected chi connectivity index (χ2v) is 4.96. The number of hydrogen-bond acceptors (Lipinski definition) is 5. The number of nitriles is 1. The molecule has 1 aliphatic carbocycles. The van der Waals surface area contributed by atoms with E-state index in [1.54, 1.807) is 6.07 Å². The van der Waals surface area contributed by atoms with Crippen molar-refractivity contribution < 1.29 is 13.2 Å². The van der Waals surface area contributed by atoms with Crippen LogP contribution in [0.25, 0.3) is 0 Å². The highest BCUT2D eigenvalue weighted by atomic mass is 32.2. The molecule has 0 bridgehead atoms. The van der Waals surface area contributed by atoms with Gasteiger partial charge in [0, 0.05) is 6.20 Å². The van der Waals surface area contributed by atoms with Crippen molar-refractivity contribution in [2.24, 2.45) is 5.14 Å². The van der Waals surface area contributed by atoms with Crippen LogP contribution in [-0.4, -0.2) is 19.5 Å². The zero-order valence-corrected chi connectivity index (χ0v) is 9.07. The lowest BCUT2D eigenvalue weighted by Crippen LogP contribution is -2.16. The van der Waals surface area contributed by atoms with Gasteiger partial charge >= 0.3 is 0 Å². The third-order valence-corrected chi connectivity index (χ3v) is 3.04. The molecule has 0 aromatic carbocycles. The van der Waals surface area contributed by atoms with E-state index >= 15 is 0 Å². The zero-order chi connectivity index (χ0) is 11.8. The van der Waals surface area contributed by atoms with Crippen LogP contribution < -0.4 is 9.88 Å². The lowest BCUT2D eigenvalue weighted by Gasteiger charge is -2.09. The molecule has 1 aromatic rings. The first-order valence-corrected chi connectivity index (χ1v) is 6.15. The molecule has 0 aliphatic heterocycles. The summed E-state index contributed by atoms with van der Waals surface area (Å²) in [6.45, 7) is 0. The minimum atomic E-state index is -4.00. The number of primary sulfonamides is 1. The number of pyridine rings is 1. The van der Waals surface area contributed by atoms with E-state index in [4.69, 9.17) is 15.1 Å². The summed E-state index contributed by atoms with van der Waals surface area (Å²) < 4.78 is 28.1. The summed E-state index contributed by atoms with van der Waals surface area (Å²) in [7, 11) is -4.00. The van der Waals surface area contributed by atoms with Crippen molar-refractivity contribution in [3.63, 3.8) is 0 Å². The second-order valence-electron chi connectivity index (χ2n) is 3.46. The van der Waals surface area contributed by atoms with Crippen molar-refractivity contribution in [3.8, 4) is 11.8 Å². The molecule has 2 rings (SSSR count). The Balaban J connectivity index is 2.55. The van der Waals surface area contributed by atoms with Crippen molar-refractivity contribution in [1.82, 2.24) is 4.98 Å². The summed E-state index contributed by atoms with van der Waals surface area (Å²) in [5.41, 5.74) is -0.236. The van der Waals surface area contributed by atoms with Crippen LogP contribution in [0.1, 0.15) is 18.5 Å². The number of sulfonamides is 1. The van der Waals surface area contributed by atoms with Crippen LogP contribution in [0.15, 0.2) is 17.2 Å². The molecule has 0 saturated heterocycles. The van der Waals surface area contributed by atoms with E-state index in [9.17, 15) is 8.42 Å². The number of hydrogen-bond donors (Lipinski definition) is 1. The fraction of sp³-hybridized carbons (Fsp3) is 0.333. The molecule has 1 aromatic heterocycles. The highest BCUT2D eigenvalue weighted by Crippen LogP contribution is 2.31. The minimum Gasteiger partial charge on any atom is -0.489 e. The molecule has 84 valence electrons. The van der Waals surface area contributed by atoms with Crippen LogP contribution in [0.2, 0.25) is 0 Å². The molecule has 0 amide bonds. The normalized spacial score (nSPS) is 15.5. The molecule has 2 N–H and O–H groups in total. The van der Waals surface area contributed by atoms with Crippen LogP contribution in [-0.2, 0) is 10.0 Å². The van der Waals surface area contributed by atoms with Crippen molar-refractivity contribution in [1.29, 1.82) is 5.26 Å². The molecule has 0 spiro atoms. The highest BCUT2D eigenvalue weighted by Gasteiger charge is 2.28. The Morgan fingerprint density at radius 3 is 2.75 bits per heavy atom. The van der Waals surface area contributed by atoms with Gasteiger partial charge in [-0.2, -0.15) is 5.26 Å². The van der Waals surface area contributed by atoms with Crippen molar-refractivity contribution >= 4 is 10.0 Å². The first-order valence-electron chi connectivity index (χ1n) is 4.61. The number of aromatic nitrogens is 1. The molecule has 0 radical (unpaired) electrons. The van der Waals surface area contributed by atoms with Crippen molar-refractivity contribution in [2.45, 2.75) is 23.8 Å². The maximum absolute atomic E-state index is 11.3. The molecule has 16 heavy (non-hydrogen) atoms. The van der Waals surface area contributed by atoms with E-state index in [2.05, 4.69) is 4.98 Å². The minimum absolute atomic E-state index is 0.0226. The quantitative estimate of drug-likeness (QED) is 0.807. The lowest BCUT2D eigenvalue weighted by atomic mass is 10.3. The predicted octanol–water partition coefficient (Wildman–Crippen LogP) is 0.142. The molecule has 1 heterocycles. The molecular weight excluding hydrogens is 230 g/mol. The summed E-state index contributed by atoms with van der Waals surface area (Å²) in [6.07, 6.45) is 3.11. The zero-order valence-electron chi connectivity index (χ0n) is 8.25. The third-order valence-electron chi connectivity index (χ3n) is 2.08. The van der Waals surface area contributed by atoms with Crippen molar-refractivity contribution in [2.75, 3.05) is 0 Å². The lowest BCUT2D eigenvalue weighted by molar-refractivity contribution is 0.294. The van der Waals surface area contributed by atoms with Gasteiger partial charge in [-0.3, -0.25) is 0 Å². The van der Waals surface area contributed by atoms with Crippen LogP contribution in [0.5, 0.6) is 5.75 Å². The largest absolute Gasteiger partial charge is 0.489 e. The van der Waals surface area contributed by atoms with Crippen LogP contribution in [0, 0.1) is 11.3 Å². The van der Waals surface area contributed by atoms with Gasteiger partial charge in [-0.25, -0.2) is 18.5 Å². The van der Waals surface area contributed by atoms with Gasteiger partial charge in [-0.05, 0) is 18.9 Å². The van der Waals surface area contributed by atoms with Gasteiger partial charge in [0.15, 0.2) is 10.6 Å². The predicted molar refractivity (Wildman–Crippen MR) is 54.0 cm³/mol. The SMILES string of the molecule is N#Cc1nccc(OC2CC2)c1S(N)(=O)=O. The van der Waals surface area contributed by atoms with Crippen molar-refractivity contribution in [3.05, 3.63) is 18.0 Å². The van der Waals surface area contributed by atoms with Gasteiger partial charge in [0.25, 0.3) is 0 Å². The number of nitrogens with zero attached hydrogens (tertiary/aromatic N) is 2. The van der Waals surface area contributed by atoms with E-state index in [0.717, 1.165) is 12.8 Å². The molecule has 6 nitrogen and oxygen atoms in total. The van der Waals surface area contributed by atoms with Gasteiger partial charge in [0.2, 0.25) is 10.0 Å². The number of ether oxygens (including phenoxy) is 1. The summed E-state index contributed by atoms with van der Waals surface area (Å²) in [4.78, 5) is 3.32. The fourth-order valence-electron chi connectivity index (χ4n) is 1.24. The maximum Gasteiger partial charge on any atom is 0.244 e. The van der Waals surface area contributed by atoms with Gasteiger partial charge in [0.1, 0.15) is 11.8 Å². The molecule has 1 fully saturated rings. The van der Waals surface area contributed by atoms with E-state index < -0.39 is 10.0 Å². The number of nitrogens with two attached hydrogens (primary N) is 1. The van der Waals surface area contributed by atoms with Crippen LogP contribution >= 0.6 is 0 Å². The molecule has 0 unspecified atom stereocenters. The van der Waals surface area contributed by atoms with Gasteiger partial charge in [-0.15, -0.1) is 0 Å². The smallest absolute Gasteiger partial charge is 0.244 e. The maximum atomic E-state index is 11.3. The summed E-state index contributed by atoms with van der Waals surface area (Å²) >= 11 is 0.